The average molecular weight is 508 g/mol. The lowest BCUT2D eigenvalue weighted by Crippen LogP contribution is -2.37. The van der Waals surface area contributed by atoms with Crippen molar-refractivity contribution >= 4 is 46.4 Å². The van der Waals surface area contributed by atoms with E-state index in [1.807, 2.05) is 67.6 Å². The topological polar surface area (TPSA) is 61.9 Å². The highest BCUT2D eigenvalue weighted by molar-refractivity contribution is 7.80. The van der Waals surface area contributed by atoms with Crippen LogP contribution in [-0.4, -0.2) is 39.4 Å². The summed E-state index contributed by atoms with van der Waals surface area (Å²) < 4.78 is 5.51. The van der Waals surface area contributed by atoms with Gasteiger partial charge in [-0.25, -0.2) is 0 Å². The molecule has 3 aromatic rings. The number of anilines is 1. The summed E-state index contributed by atoms with van der Waals surface area (Å²) in [7, 11) is 0. The molecule has 8 heteroatoms. The van der Waals surface area contributed by atoms with Gasteiger partial charge in [0.15, 0.2) is 5.11 Å². The second-order valence-corrected chi connectivity index (χ2v) is 8.91. The molecule has 1 fully saturated rings. The molecule has 2 amide bonds. The first-order valence-corrected chi connectivity index (χ1v) is 12.2. The molecule has 0 aliphatic carbocycles. The van der Waals surface area contributed by atoms with Crippen LogP contribution < -0.4 is 10.1 Å². The van der Waals surface area contributed by atoms with Crippen LogP contribution in [0.25, 0.3) is 0 Å². The molecule has 4 rings (SSSR count). The largest absolute Gasteiger partial charge is 0.494 e. The Morgan fingerprint density at radius 2 is 1.77 bits per heavy atom. The molecular weight excluding hydrogens is 482 g/mol. The maximum absolute atomic E-state index is 13.5. The molecule has 0 unspecified atom stereocenters. The van der Waals surface area contributed by atoms with Crippen LogP contribution in [0.1, 0.15) is 24.5 Å². The molecule has 0 saturated carbocycles. The van der Waals surface area contributed by atoms with Crippen LogP contribution in [0, 0.1) is 0 Å². The Morgan fingerprint density at radius 1 is 1.03 bits per heavy atom. The van der Waals surface area contributed by atoms with Crippen molar-refractivity contribution in [1.29, 1.82) is 0 Å². The lowest BCUT2D eigenvalue weighted by molar-refractivity contribution is -0.131. The monoisotopic (exact) mass is 507 g/mol. The van der Waals surface area contributed by atoms with Gasteiger partial charge >= 0.3 is 0 Å². The minimum absolute atomic E-state index is 0.0480. The number of halogens is 1. The predicted octanol–water partition coefficient (Wildman–Crippen LogP) is 5.27. The van der Waals surface area contributed by atoms with E-state index in [1.165, 1.54) is 0 Å². The van der Waals surface area contributed by atoms with Crippen molar-refractivity contribution < 1.29 is 14.3 Å². The number of amides is 2. The maximum atomic E-state index is 13.5. The van der Waals surface area contributed by atoms with Crippen LogP contribution in [0.3, 0.4) is 0 Å². The summed E-state index contributed by atoms with van der Waals surface area (Å²) in [6.07, 6.45) is -0.0480. The van der Waals surface area contributed by atoms with Crippen molar-refractivity contribution in [2.24, 2.45) is 0 Å². The normalized spacial score (nSPS) is 15.4. The van der Waals surface area contributed by atoms with Crippen molar-refractivity contribution in [3.63, 3.8) is 0 Å². The molecule has 0 aromatic heterocycles. The van der Waals surface area contributed by atoms with Crippen LogP contribution >= 0.6 is 23.8 Å². The van der Waals surface area contributed by atoms with Crippen LogP contribution in [0.5, 0.6) is 5.75 Å². The second kappa shape index (κ2) is 11.3. The Hall–Kier alpha value is -3.42. The smallest absolute Gasteiger partial charge is 0.252 e. The Bertz CT molecular complexity index is 1220. The number of nitrogens with zero attached hydrogens (tertiary/aromatic N) is 2. The Labute approximate surface area is 215 Å². The average Bonchev–Trinajstić information content (AvgIpc) is 3.05. The molecule has 180 valence electrons. The van der Waals surface area contributed by atoms with E-state index in [0.717, 1.165) is 11.1 Å². The number of thiocarbonyl (C=S) groups is 1. The number of carbonyl (C=O) groups excluding carboxylic acids is 2. The highest BCUT2D eigenvalue weighted by Gasteiger charge is 2.43. The lowest BCUT2D eigenvalue weighted by Gasteiger charge is -2.24. The lowest BCUT2D eigenvalue weighted by atomic mass is 10.1. The van der Waals surface area contributed by atoms with E-state index in [9.17, 15) is 9.59 Å². The first-order valence-electron chi connectivity index (χ1n) is 11.4. The molecule has 1 saturated heterocycles. The van der Waals surface area contributed by atoms with Gasteiger partial charge in [-0.05, 0) is 48.5 Å². The Morgan fingerprint density at radius 3 is 2.51 bits per heavy atom. The van der Waals surface area contributed by atoms with E-state index >= 15 is 0 Å². The summed E-state index contributed by atoms with van der Waals surface area (Å²) in [6, 6.07) is 23.5. The first kappa shape index (κ1) is 24.7. The van der Waals surface area contributed by atoms with Gasteiger partial charge < -0.3 is 15.0 Å². The Balaban J connectivity index is 1.55. The second-order valence-electron chi connectivity index (χ2n) is 8.14. The van der Waals surface area contributed by atoms with E-state index in [-0.39, 0.29) is 18.2 Å². The molecule has 1 atom stereocenters. The fourth-order valence-corrected chi connectivity index (χ4v) is 4.55. The fraction of sp³-hybridized carbons (Fsp3) is 0.222. The van der Waals surface area contributed by atoms with Crippen LogP contribution in [0.15, 0.2) is 78.9 Å². The fourth-order valence-electron chi connectivity index (χ4n) is 4.01. The van der Waals surface area contributed by atoms with E-state index in [1.54, 1.807) is 28.0 Å². The zero-order valence-corrected chi connectivity index (χ0v) is 20.9. The summed E-state index contributed by atoms with van der Waals surface area (Å²) in [5.74, 6) is 0.174. The van der Waals surface area contributed by atoms with Crippen molar-refractivity contribution in [2.45, 2.75) is 32.5 Å². The third-order valence-corrected chi connectivity index (χ3v) is 6.52. The highest BCUT2D eigenvalue weighted by Crippen LogP contribution is 2.28. The van der Waals surface area contributed by atoms with Crippen LogP contribution in [0.4, 0.5) is 5.69 Å². The van der Waals surface area contributed by atoms with E-state index in [4.69, 9.17) is 28.6 Å². The molecule has 1 heterocycles. The number of hydrogen-bond donors (Lipinski definition) is 1. The Kier molecular flexibility index (Phi) is 8.00. The van der Waals surface area contributed by atoms with E-state index in [0.29, 0.717) is 41.3 Å². The minimum Gasteiger partial charge on any atom is -0.494 e. The molecular formula is C27H26ClN3O3S. The number of nitrogens with one attached hydrogen (secondary N) is 1. The van der Waals surface area contributed by atoms with Crippen molar-refractivity contribution in [3.8, 4) is 5.75 Å². The van der Waals surface area contributed by atoms with Crippen molar-refractivity contribution in [3.05, 3.63) is 95.0 Å². The van der Waals surface area contributed by atoms with Gasteiger partial charge in [0.1, 0.15) is 11.8 Å². The summed E-state index contributed by atoms with van der Waals surface area (Å²) in [4.78, 5) is 29.9. The maximum Gasteiger partial charge on any atom is 0.252 e. The van der Waals surface area contributed by atoms with Crippen LogP contribution in [-0.2, 0) is 22.7 Å². The van der Waals surface area contributed by atoms with E-state index in [2.05, 4.69) is 5.32 Å². The molecule has 1 aliphatic rings. The van der Waals surface area contributed by atoms with Crippen molar-refractivity contribution in [1.82, 2.24) is 9.80 Å². The summed E-state index contributed by atoms with van der Waals surface area (Å²) >= 11 is 12.1. The molecule has 6 nitrogen and oxygen atoms in total. The standard InChI is InChI=1S/C27H26ClN3O3S/c1-2-34-22-13-8-12-21(15-22)29-25(32)16-24-26(33)31(17-19-9-4-3-5-10-19)27(35)30(24)18-20-11-6-7-14-23(20)28/h3-15,24H,2,16-18H2,1H3,(H,29,32)/t24-/m0/s1. The van der Waals surface area contributed by atoms with Gasteiger partial charge in [0, 0.05) is 23.3 Å². The highest BCUT2D eigenvalue weighted by atomic mass is 35.5. The van der Waals surface area contributed by atoms with Gasteiger partial charge in [-0.1, -0.05) is 66.2 Å². The van der Waals surface area contributed by atoms with Gasteiger partial charge in [-0.3, -0.25) is 14.5 Å². The zero-order valence-electron chi connectivity index (χ0n) is 19.3. The quantitative estimate of drug-likeness (QED) is 0.400. The number of hydrogen-bond acceptors (Lipinski definition) is 4. The summed E-state index contributed by atoms with van der Waals surface area (Å²) in [6.45, 7) is 3.09. The number of ether oxygens (including phenoxy) is 1. The van der Waals surface area contributed by atoms with Gasteiger partial charge in [-0.2, -0.15) is 0 Å². The molecule has 0 radical (unpaired) electrons. The van der Waals surface area contributed by atoms with Gasteiger partial charge in [0.05, 0.1) is 19.6 Å². The predicted molar refractivity (Wildman–Crippen MR) is 141 cm³/mol. The molecule has 0 bridgehead atoms. The third kappa shape index (κ3) is 5.99. The summed E-state index contributed by atoms with van der Waals surface area (Å²) in [5, 5.41) is 3.85. The van der Waals surface area contributed by atoms with Crippen LogP contribution in [0.2, 0.25) is 5.02 Å². The minimum atomic E-state index is -0.738. The first-order chi connectivity index (χ1) is 17.0. The van der Waals surface area contributed by atoms with E-state index < -0.39 is 6.04 Å². The molecule has 35 heavy (non-hydrogen) atoms. The molecule has 3 aromatic carbocycles. The van der Waals surface area contributed by atoms with Crippen molar-refractivity contribution in [2.75, 3.05) is 11.9 Å². The zero-order chi connectivity index (χ0) is 24.8. The van der Waals surface area contributed by atoms with Gasteiger partial charge in [-0.15, -0.1) is 0 Å². The third-order valence-electron chi connectivity index (χ3n) is 5.69. The van der Waals surface area contributed by atoms with Gasteiger partial charge in [0.2, 0.25) is 5.91 Å². The number of benzene rings is 3. The SMILES string of the molecule is CCOc1cccc(NC(=O)C[C@H]2C(=O)N(Cc3ccccc3)C(=S)N2Cc2ccccc2Cl)c1. The number of carbonyl (C=O) groups is 2. The molecule has 1 aliphatic heterocycles. The van der Waals surface area contributed by atoms with Gasteiger partial charge in [0.25, 0.3) is 5.91 Å². The number of rotatable bonds is 9. The molecule has 0 spiro atoms. The summed E-state index contributed by atoms with van der Waals surface area (Å²) in [5.41, 5.74) is 2.40. The molecule has 1 N–H and O–H groups in total.